The van der Waals surface area contributed by atoms with Crippen molar-refractivity contribution in [1.29, 1.82) is 0 Å². The lowest BCUT2D eigenvalue weighted by atomic mass is 10.1. The number of likely N-dealkylation sites (N-methyl/N-ethyl adjacent to an activating group) is 1. The van der Waals surface area contributed by atoms with Crippen LogP contribution in [0.1, 0.15) is 24.5 Å². The number of aliphatic hydroxyl groups is 1. The van der Waals surface area contributed by atoms with Crippen LogP contribution in [0.2, 0.25) is 0 Å². The van der Waals surface area contributed by atoms with E-state index in [4.69, 9.17) is 4.74 Å². The smallest absolute Gasteiger partial charge is 0.131 e. The fraction of sp³-hybridized carbons (Fsp3) is 0.600. The van der Waals surface area contributed by atoms with E-state index in [-0.39, 0.29) is 12.1 Å². The van der Waals surface area contributed by atoms with Crippen LogP contribution in [0.5, 0.6) is 0 Å². The maximum absolute atomic E-state index is 13.5. The molecule has 1 aliphatic rings. The third-order valence-corrected chi connectivity index (χ3v) is 3.49. The second-order valence-corrected chi connectivity index (χ2v) is 5.43. The number of halogens is 2. The number of aliphatic hydroxyl groups excluding tert-OH is 1. The molecule has 0 saturated heterocycles. The van der Waals surface area contributed by atoms with Crippen molar-refractivity contribution in [1.82, 2.24) is 4.90 Å². The van der Waals surface area contributed by atoms with Crippen molar-refractivity contribution in [2.24, 2.45) is 5.92 Å². The van der Waals surface area contributed by atoms with E-state index in [0.29, 0.717) is 13.2 Å². The molecule has 5 heteroatoms. The van der Waals surface area contributed by atoms with Gasteiger partial charge in [-0.25, -0.2) is 8.78 Å². The Morgan fingerprint density at radius 1 is 1.35 bits per heavy atom. The zero-order valence-electron chi connectivity index (χ0n) is 11.7. The van der Waals surface area contributed by atoms with E-state index in [1.807, 2.05) is 4.90 Å². The summed E-state index contributed by atoms with van der Waals surface area (Å²) in [6.45, 7) is 2.16. The van der Waals surface area contributed by atoms with Crippen molar-refractivity contribution in [2.45, 2.75) is 18.9 Å². The molecule has 1 aliphatic carbocycles. The zero-order chi connectivity index (χ0) is 14.5. The van der Waals surface area contributed by atoms with Gasteiger partial charge in [0.05, 0.1) is 18.3 Å². The van der Waals surface area contributed by atoms with Crippen LogP contribution in [0.4, 0.5) is 8.78 Å². The number of nitrogens with zero attached hydrogens (tertiary/aromatic N) is 1. The van der Waals surface area contributed by atoms with Crippen molar-refractivity contribution < 1.29 is 18.6 Å². The standard InChI is InChI=1S/C15H21F2NO2/c1-18(7-8-20-10-11-5-6-11)9-14(19)15-12(16)3-2-4-13(15)17/h2-4,11,14,19H,5-10H2,1H3. The zero-order valence-corrected chi connectivity index (χ0v) is 11.7. The van der Waals surface area contributed by atoms with Gasteiger partial charge in [0.2, 0.25) is 0 Å². The molecule has 0 bridgehead atoms. The van der Waals surface area contributed by atoms with E-state index in [9.17, 15) is 13.9 Å². The summed E-state index contributed by atoms with van der Waals surface area (Å²) >= 11 is 0. The first kappa shape index (κ1) is 15.4. The lowest BCUT2D eigenvalue weighted by molar-refractivity contribution is 0.0771. The van der Waals surface area contributed by atoms with Gasteiger partial charge < -0.3 is 14.7 Å². The summed E-state index contributed by atoms with van der Waals surface area (Å²) in [6, 6.07) is 3.59. The first-order valence-corrected chi connectivity index (χ1v) is 6.96. The fourth-order valence-corrected chi connectivity index (χ4v) is 2.06. The molecule has 20 heavy (non-hydrogen) atoms. The van der Waals surface area contributed by atoms with Crippen LogP contribution in [-0.2, 0) is 4.74 Å². The minimum Gasteiger partial charge on any atom is -0.387 e. The van der Waals surface area contributed by atoms with Crippen LogP contribution in [0.15, 0.2) is 18.2 Å². The molecule has 0 aliphatic heterocycles. The topological polar surface area (TPSA) is 32.7 Å². The molecular formula is C15H21F2NO2. The highest BCUT2D eigenvalue weighted by molar-refractivity contribution is 5.22. The van der Waals surface area contributed by atoms with E-state index < -0.39 is 17.7 Å². The molecule has 2 rings (SSSR count). The lowest BCUT2D eigenvalue weighted by Crippen LogP contribution is -2.29. The second-order valence-electron chi connectivity index (χ2n) is 5.43. The molecule has 1 aromatic carbocycles. The van der Waals surface area contributed by atoms with Gasteiger partial charge in [0.25, 0.3) is 0 Å². The Bertz CT molecular complexity index is 418. The van der Waals surface area contributed by atoms with E-state index in [1.165, 1.54) is 18.9 Å². The average Bonchev–Trinajstić information content (AvgIpc) is 3.18. The predicted octanol–water partition coefficient (Wildman–Crippen LogP) is 2.36. The van der Waals surface area contributed by atoms with Gasteiger partial charge in [-0.05, 0) is 37.9 Å². The summed E-state index contributed by atoms with van der Waals surface area (Å²) in [6.07, 6.45) is 1.33. The molecule has 1 atom stereocenters. The molecule has 1 N–H and O–H groups in total. The van der Waals surface area contributed by atoms with E-state index in [2.05, 4.69) is 0 Å². The summed E-state index contributed by atoms with van der Waals surface area (Å²) in [5.41, 5.74) is -0.266. The third kappa shape index (κ3) is 4.51. The van der Waals surface area contributed by atoms with E-state index in [0.717, 1.165) is 24.7 Å². The van der Waals surface area contributed by atoms with Gasteiger partial charge in [0.1, 0.15) is 11.6 Å². The maximum Gasteiger partial charge on any atom is 0.131 e. The lowest BCUT2D eigenvalue weighted by Gasteiger charge is -2.21. The molecule has 112 valence electrons. The third-order valence-electron chi connectivity index (χ3n) is 3.49. The summed E-state index contributed by atoms with van der Waals surface area (Å²) < 4.78 is 32.5. The monoisotopic (exact) mass is 285 g/mol. The molecule has 1 unspecified atom stereocenters. The highest BCUT2D eigenvalue weighted by Gasteiger charge is 2.21. The largest absolute Gasteiger partial charge is 0.387 e. The van der Waals surface area contributed by atoms with Crippen molar-refractivity contribution in [3.05, 3.63) is 35.4 Å². The molecule has 0 spiro atoms. The summed E-state index contributed by atoms with van der Waals surface area (Å²) in [4.78, 5) is 1.81. The Balaban J connectivity index is 1.75. The van der Waals surface area contributed by atoms with Gasteiger partial charge in [-0.3, -0.25) is 0 Å². The van der Waals surface area contributed by atoms with Gasteiger partial charge in [0.15, 0.2) is 0 Å². The Labute approximate surface area is 118 Å². The quantitative estimate of drug-likeness (QED) is 0.744. The summed E-state index contributed by atoms with van der Waals surface area (Å²) in [5.74, 6) is -0.704. The van der Waals surface area contributed by atoms with Crippen LogP contribution in [0.3, 0.4) is 0 Å². The van der Waals surface area contributed by atoms with Crippen molar-refractivity contribution >= 4 is 0 Å². The molecule has 1 fully saturated rings. The summed E-state index contributed by atoms with van der Waals surface area (Å²) in [7, 11) is 1.79. The second kappa shape index (κ2) is 7.11. The Hall–Kier alpha value is -1.04. The molecule has 0 heterocycles. The molecule has 3 nitrogen and oxygen atoms in total. The van der Waals surface area contributed by atoms with Crippen molar-refractivity contribution in [3.8, 4) is 0 Å². The van der Waals surface area contributed by atoms with Crippen molar-refractivity contribution in [2.75, 3.05) is 33.4 Å². The van der Waals surface area contributed by atoms with Gasteiger partial charge in [-0.15, -0.1) is 0 Å². The van der Waals surface area contributed by atoms with Crippen LogP contribution < -0.4 is 0 Å². The molecule has 1 aromatic rings. The van der Waals surface area contributed by atoms with Crippen LogP contribution >= 0.6 is 0 Å². The minimum absolute atomic E-state index is 0.171. The maximum atomic E-state index is 13.5. The molecular weight excluding hydrogens is 264 g/mol. The Morgan fingerprint density at radius 3 is 2.60 bits per heavy atom. The fourth-order valence-electron chi connectivity index (χ4n) is 2.06. The van der Waals surface area contributed by atoms with E-state index in [1.54, 1.807) is 7.05 Å². The van der Waals surface area contributed by atoms with Crippen molar-refractivity contribution in [3.63, 3.8) is 0 Å². The minimum atomic E-state index is -1.18. The van der Waals surface area contributed by atoms with Gasteiger partial charge >= 0.3 is 0 Å². The van der Waals surface area contributed by atoms with Gasteiger partial charge in [-0.2, -0.15) is 0 Å². The normalized spacial score (nSPS) is 16.6. The highest BCUT2D eigenvalue weighted by atomic mass is 19.1. The number of ether oxygens (including phenoxy) is 1. The first-order chi connectivity index (χ1) is 9.58. The van der Waals surface area contributed by atoms with Gasteiger partial charge in [0, 0.05) is 19.7 Å². The number of hydrogen-bond donors (Lipinski definition) is 1. The number of benzene rings is 1. The molecule has 0 radical (unpaired) electrons. The summed E-state index contributed by atoms with van der Waals surface area (Å²) in [5, 5.41) is 9.94. The highest BCUT2D eigenvalue weighted by Crippen LogP contribution is 2.28. The Morgan fingerprint density at radius 2 is 2.00 bits per heavy atom. The average molecular weight is 285 g/mol. The first-order valence-electron chi connectivity index (χ1n) is 6.96. The van der Waals surface area contributed by atoms with Crippen LogP contribution in [0.25, 0.3) is 0 Å². The number of hydrogen-bond acceptors (Lipinski definition) is 3. The van der Waals surface area contributed by atoms with Gasteiger partial charge in [-0.1, -0.05) is 6.07 Å². The van der Waals surface area contributed by atoms with E-state index >= 15 is 0 Å². The number of rotatable bonds is 8. The predicted molar refractivity (Wildman–Crippen MR) is 72.4 cm³/mol. The molecule has 0 aromatic heterocycles. The SMILES string of the molecule is CN(CCOCC1CC1)CC(O)c1c(F)cccc1F. The van der Waals surface area contributed by atoms with Crippen LogP contribution in [0, 0.1) is 17.6 Å². The van der Waals surface area contributed by atoms with Crippen LogP contribution in [-0.4, -0.2) is 43.4 Å². The Kier molecular flexibility index (Phi) is 5.46. The molecule has 0 amide bonds. The molecule has 1 saturated carbocycles.